The fourth-order valence-corrected chi connectivity index (χ4v) is 5.56. The first kappa shape index (κ1) is 19.2. The number of anilines is 1. The van der Waals surface area contributed by atoms with Crippen LogP contribution < -0.4 is 10.9 Å². The Morgan fingerprint density at radius 1 is 1.43 bits per heavy atom. The summed E-state index contributed by atoms with van der Waals surface area (Å²) in [5, 5.41) is 7.90. The van der Waals surface area contributed by atoms with Gasteiger partial charge in [0.1, 0.15) is 16.5 Å². The molecule has 0 spiro atoms. The number of thiophene rings is 1. The number of rotatable bonds is 7. The Hall–Kier alpha value is -2.13. The number of amides is 1. The lowest BCUT2D eigenvalue weighted by Crippen LogP contribution is -2.17. The molecule has 0 aromatic carbocycles. The molecule has 28 heavy (non-hydrogen) atoms. The van der Waals surface area contributed by atoms with E-state index in [4.69, 9.17) is 0 Å². The number of carbonyl (C=O) groups excluding carboxylic acids is 1. The van der Waals surface area contributed by atoms with Crippen molar-refractivity contribution in [3.63, 3.8) is 0 Å². The molecular weight excluding hydrogens is 394 g/mol. The number of carbonyl (C=O) groups is 1. The molecule has 3 aromatic heterocycles. The Labute approximate surface area is 170 Å². The molecule has 1 amide bonds. The molecule has 0 atom stereocenters. The number of aromatic amines is 1. The van der Waals surface area contributed by atoms with E-state index in [0.717, 1.165) is 29.5 Å². The molecular formula is C19H23N5O2S2. The second kappa shape index (κ2) is 8.08. The molecule has 1 aliphatic carbocycles. The van der Waals surface area contributed by atoms with Crippen LogP contribution in [0.1, 0.15) is 49.0 Å². The van der Waals surface area contributed by atoms with Crippen LogP contribution in [0.25, 0.3) is 10.2 Å². The molecule has 0 unspecified atom stereocenters. The third-order valence-electron chi connectivity index (χ3n) is 4.76. The molecule has 7 nitrogen and oxygen atoms in total. The molecule has 0 saturated heterocycles. The summed E-state index contributed by atoms with van der Waals surface area (Å²) in [5.74, 6) is 2.60. The van der Waals surface area contributed by atoms with Crippen LogP contribution in [0.5, 0.6) is 0 Å². The van der Waals surface area contributed by atoms with Gasteiger partial charge < -0.3 is 10.3 Å². The summed E-state index contributed by atoms with van der Waals surface area (Å²) < 4.78 is 1.79. The van der Waals surface area contributed by atoms with Crippen molar-refractivity contribution in [2.45, 2.75) is 51.3 Å². The number of hydrogen-bond acceptors (Lipinski definition) is 6. The highest BCUT2D eigenvalue weighted by Gasteiger charge is 2.21. The molecule has 0 fully saturated rings. The van der Waals surface area contributed by atoms with Crippen LogP contribution in [0.15, 0.2) is 17.1 Å². The maximum atomic E-state index is 12.5. The van der Waals surface area contributed by atoms with Crippen LogP contribution in [0, 0.1) is 0 Å². The number of nitrogens with zero attached hydrogens (tertiary/aromatic N) is 3. The summed E-state index contributed by atoms with van der Waals surface area (Å²) in [6.45, 7) is 4.04. The monoisotopic (exact) mass is 417 g/mol. The van der Waals surface area contributed by atoms with Crippen molar-refractivity contribution in [3.8, 4) is 0 Å². The van der Waals surface area contributed by atoms with E-state index in [2.05, 4.69) is 20.4 Å². The van der Waals surface area contributed by atoms with E-state index in [1.807, 2.05) is 13.8 Å². The Morgan fingerprint density at radius 2 is 2.29 bits per heavy atom. The highest BCUT2D eigenvalue weighted by Crippen LogP contribution is 2.34. The van der Waals surface area contributed by atoms with Crippen molar-refractivity contribution in [2.75, 3.05) is 11.1 Å². The number of H-pyrrole nitrogens is 1. The minimum absolute atomic E-state index is 0.0281. The number of nitrogens with one attached hydrogen (secondary N) is 2. The van der Waals surface area contributed by atoms with Gasteiger partial charge in [-0.15, -0.1) is 11.3 Å². The average Bonchev–Trinajstić information content (AvgIpc) is 3.34. The third-order valence-corrected chi connectivity index (χ3v) is 6.92. The lowest BCUT2D eigenvalue weighted by atomic mass is 10.2. The number of hydrogen-bond donors (Lipinski definition) is 2. The Morgan fingerprint density at radius 3 is 3.11 bits per heavy atom. The lowest BCUT2D eigenvalue weighted by molar-refractivity contribution is -0.115. The third kappa shape index (κ3) is 3.86. The summed E-state index contributed by atoms with van der Waals surface area (Å²) in [5.41, 5.74) is 1.17. The van der Waals surface area contributed by atoms with Crippen molar-refractivity contribution in [1.29, 1.82) is 0 Å². The van der Waals surface area contributed by atoms with E-state index in [-0.39, 0.29) is 17.5 Å². The van der Waals surface area contributed by atoms with Gasteiger partial charge in [-0.3, -0.25) is 9.59 Å². The van der Waals surface area contributed by atoms with Crippen LogP contribution >= 0.6 is 23.1 Å². The zero-order valence-corrected chi connectivity index (χ0v) is 17.6. The van der Waals surface area contributed by atoms with E-state index >= 15 is 0 Å². The average molecular weight is 418 g/mol. The summed E-state index contributed by atoms with van der Waals surface area (Å²) in [7, 11) is 0. The summed E-state index contributed by atoms with van der Waals surface area (Å²) in [6.07, 6.45) is 5.26. The van der Waals surface area contributed by atoms with E-state index < -0.39 is 0 Å². The number of aromatic nitrogens is 4. The lowest BCUT2D eigenvalue weighted by Gasteiger charge is -2.11. The summed E-state index contributed by atoms with van der Waals surface area (Å²) >= 11 is 3.25. The van der Waals surface area contributed by atoms with Gasteiger partial charge in [-0.2, -0.15) is 16.9 Å². The number of fused-ring (bicyclic) bond motifs is 3. The zero-order chi connectivity index (χ0) is 19.7. The molecule has 0 bridgehead atoms. The Balaban J connectivity index is 1.31. The molecule has 2 N–H and O–H groups in total. The summed E-state index contributed by atoms with van der Waals surface area (Å²) in [4.78, 5) is 34.3. The van der Waals surface area contributed by atoms with Gasteiger partial charge in [0.05, 0.1) is 17.3 Å². The second-order valence-electron chi connectivity index (χ2n) is 7.16. The van der Waals surface area contributed by atoms with E-state index in [0.29, 0.717) is 29.6 Å². The second-order valence-corrected chi connectivity index (χ2v) is 9.34. The quantitative estimate of drug-likeness (QED) is 0.574. The molecule has 0 aliphatic heterocycles. The molecule has 0 radical (unpaired) electrons. The van der Waals surface area contributed by atoms with Crippen molar-refractivity contribution < 1.29 is 4.79 Å². The number of aryl methyl sites for hydroxylation is 2. The molecule has 0 saturated carbocycles. The van der Waals surface area contributed by atoms with Crippen LogP contribution in [-0.2, 0) is 23.4 Å². The predicted octanol–water partition coefficient (Wildman–Crippen LogP) is 3.51. The van der Waals surface area contributed by atoms with Gasteiger partial charge in [0.15, 0.2) is 0 Å². The maximum Gasteiger partial charge on any atom is 0.259 e. The van der Waals surface area contributed by atoms with E-state index in [1.165, 1.54) is 10.4 Å². The molecule has 9 heteroatoms. The van der Waals surface area contributed by atoms with Crippen LogP contribution in [-0.4, -0.2) is 31.4 Å². The van der Waals surface area contributed by atoms with Gasteiger partial charge in [0, 0.05) is 29.2 Å². The van der Waals surface area contributed by atoms with Crippen LogP contribution in [0.2, 0.25) is 0 Å². The molecule has 148 valence electrons. The number of thioether (sulfide) groups is 1. The van der Waals surface area contributed by atoms with E-state index in [1.54, 1.807) is 40.0 Å². The first-order chi connectivity index (χ1) is 13.5. The van der Waals surface area contributed by atoms with Crippen molar-refractivity contribution >= 4 is 45.0 Å². The Bertz CT molecular complexity index is 1070. The highest BCUT2D eigenvalue weighted by atomic mass is 32.2. The van der Waals surface area contributed by atoms with Gasteiger partial charge in [0.2, 0.25) is 5.91 Å². The fourth-order valence-electron chi connectivity index (χ4n) is 3.48. The predicted molar refractivity (Wildman–Crippen MR) is 114 cm³/mol. The normalized spacial score (nSPS) is 13.4. The van der Waals surface area contributed by atoms with Crippen molar-refractivity contribution in [3.05, 3.63) is 38.9 Å². The van der Waals surface area contributed by atoms with Gasteiger partial charge in [0.25, 0.3) is 5.56 Å². The standard InChI is InChI=1S/C19H23N5O2S2/c1-11(2)24-15(6-8-20-24)23-16(25)7-9-27-10-14-21-18(26)17-12-4-3-5-13(12)28-19(17)22-14/h6,8,11H,3-5,7,9-10H2,1-2H3,(H,23,25)(H,21,22,26). The first-order valence-electron chi connectivity index (χ1n) is 9.47. The topological polar surface area (TPSA) is 92.7 Å². The smallest absolute Gasteiger partial charge is 0.259 e. The van der Waals surface area contributed by atoms with E-state index in [9.17, 15) is 9.59 Å². The SMILES string of the molecule is CC(C)n1nccc1NC(=O)CCSCc1nc2sc3c(c2c(=O)[nH]1)CCC3. The van der Waals surface area contributed by atoms with Gasteiger partial charge in [-0.25, -0.2) is 9.67 Å². The van der Waals surface area contributed by atoms with Gasteiger partial charge >= 0.3 is 0 Å². The van der Waals surface area contributed by atoms with Gasteiger partial charge in [-0.1, -0.05) is 0 Å². The van der Waals surface area contributed by atoms with Crippen LogP contribution in [0.4, 0.5) is 5.82 Å². The van der Waals surface area contributed by atoms with Gasteiger partial charge in [-0.05, 0) is 38.7 Å². The minimum Gasteiger partial charge on any atom is -0.311 e. The molecule has 4 rings (SSSR count). The van der Waals surface area contributed by atoms with Crippen LogP contribution in [0.3, 0.4) is 0 Å². The maximum absolute atomic E-state index is 12.5. The van der Waals surface area contributed by atoms with Crippen molar-refractivity contribution in [1.82, 2.24) is 19.7 Å². The Kier molecular flexibility index (Phi) is 5.54. The summed E-state index contributed by atoms with van der Waals surface area (Å²) in [6, 6.07) is 1.99. The largest absolute Gasteiger partial charge is 0.311 e. The molecule has 1 aliphatic rings. The fraction of sp³-hybridized carbons (Fsp3) is 0.474. The molecule has 3 heterocycles. The zero-order valence-electron chi connectivity index (χ0n) is 15.9. The first-order valence-corrected chi connectivity index (χ1v) is 11.4. The molecule has 3 aromatic rings. The highest BCUT2D eigenvalue weighted by molar-refractivity contribution is 7.98. The van der Waals surface area contributed by atoms with Crippen molar-refractivity contribution in [2.24, 2.45) is 0 Å². The minimum atomic E-state index is -0.0403.